The number of carbonyl (C=O) groups excluding carboxylic acids is 1. The van der Waals surface area contributed by atoms with Gasteiger partial charge in [0.15, 0.2) is 11.6 Å². The Morgan fingerprint density at radius 2 is 1.72 bits per heavy atom. The molecule has 2 aromatic rings. The van der Waals surface area contributed by atoms with Crippen LogP contribution < -0.4 is 10.5 Å². The van der Waals surface area contributed by atoms with Crippen LogP contribution in [0.2, 0.25) is 0 Å². The highest BCUT2D eigenvalue weighted by molar-refractivity contribution is 5.94. The van der Waals surface area contributed by atoms with Gasteiger partial charge in [-0.25, -0.2) is 8.78 Å². The molecule has 0 saturated carbocycles. The summed E-state index contributed by atoms with van der Waals surface area (Å²) in [6.45, 7) is 1.05. The van der Waals surface area contributed by atoms with Crippen LogP contribution in [-0.4, -0.2) is 30.0 Å². The van der Waals surface area contributed by atoms with E-state index in [9.17, 15) is 13.6 Å². The Balaban J connectivity index is 0.00000225. The molecule has 2 N–H and O–H groups in total. The zero-order valence-electron chi connectivity index (χ0n) is 13.5. The highest BCUT2D eigenvalue weighted by atomic mass is 35.5. The molecule has 134 valence electrons. The summed E-state index contributed by atoms with van der Waals surface area (Å²) in [5, 5.41) is 0. The predicted octanol–water partition coefficient (Wildman–Crippen LogP) is 3.65. The molecule has 0 atom stereocenters. The molecule has 7 heteroatoms. The molecule has 1 aliphatic heterocycles. The van der Waals surface area contributed by atoms with Crippen LogP contribution in [0.4, 0.5) is 14.5 Å². The van der Waals surface area contributed by atoms with Gasteiger partial charge in [0.2, 0.25) is 0 Å². The zero-order chi connectivity index (χ0) is 17.1. The van der Waals surface area contributed by atoms with Crippen LogP contribution in [0.3, 0.4) is 0 Å². The number of nitrogen functional groups attached to an aromatic ring is 1. The second kappa shape index (κ2) is 8.16. The molecule has 1 heterocycles. The van der Waals surface area contributed by atoms with Gasteiger partial charge in [-0.15, -0.1) is 12.4 Å². The summed E-state index contributed by atoms with van der Waals surface area (Å²) in [5.74, 6) is -1.36. The van der Waals surface area contributed by atoms with Gasteiger partial charge in [-0.05, 0) is 36.4 Å². The fourth-order valence-corrected chi connectivity index (χ4v) is 2.74. The number of hydrogen-bond donors (Lipinski definition) is 1. The van der Waals surface area contributed by atoms with E-state index in [1.165, 1.54) is 6.07 Å². The van der Waals surface area contributed by atoms with Gasteiger partial charge in [0.05, 0.1) is 0 Å². The minimum Gasteiger partial charge on any atom is -0.487 e. The molecule has 0 radical (unpaired) electrons. The quantitative estimate of drug-likeness (QED) is 0.841. The normalized spacial score (nSPS) is 14.7. The molecule has 0 spiro atoms. The molecule has 0 aliphatic carbocycles. The molecule has 2 aromatic carbocycles. The summed E-state index contributed by atoms with van der Waals surface area (Å²) in [6, 6.07) is 10.0. The first-order valence-corrected chi connectivity index (χ1v) is 7.79. The third-order valence-corrected chi connectivity index (χ3v) is 4.07. The maximum absolute atomic E-state index is 13.6. The molecule has 3 rings (SSSR count). The second-order valence-electron chi connectivity index (χ2n) is 5.81. The Morgan fingerprint density at radius 1 is 1.08 bits per heavy atom. The molecular weight excluding hydrogens is 350 g/mol. The van der Waals surface area contributed by atoms with Crippen LogP contribution >= 0.6 is 12.4 Å². The molecule has 0 aromatic heterocycles. The first-order chi connectivity index (χ1) is 11.5. The number of nitrogens with zero attached hydrogens (tertiary/aromatic N) is 1. The highest BCUT2D eigenvalue weighted by Gasteiger charge is 2.25. The van der Waals surface area contributed by atoms with E-state index >= 15 is 0 Å². The lowest BCUT2D eigenvalue weighted by Crippen LogP contribution is -2.41. The summed E-state index contributed by atoms with van der Waals surface area (Å²) in [4.78, 5) is 14.2. The fraction of sp³-hybridized carbons (Fsp3) is 0.278. The fourth-order valence-electron chi connectivity index (χ4n) is 2.74. The van der Waals surface area contributed by atoms with Crippen molar-refractivity contribution in [2.45, 2.75) is 18.9 Å². The second-order valence-corrected chi connectivity index (χ2v) is 5.81. The highest BCUT2D eigenvalue weighted by Crippen LogP contribution is 2.23. The van der Waals surface area contributed by atoms with Crippen LogP contribution in [0.1, 0.15) is 23.2 Å². The maximum atomic E-state index is 13.6. The zero-order valence-corrected chi connectivity index (χ0v) is 14.3. The minimum atomic E-state index is -0.713. The molecular formula is C18H19ClF2N2O2. The third kappa shape index (κ3) is 4.60. The Kier molecular flexibility index (Phi) is 6.20. The summed E-state index contributed by atoms with van der Waals surface area (Å²) < 4.78 is 32.1. The van der Waals surface area contributed by atoms with E-state index in [-0.39, 0.29) is 30.2 Å². The number of rotatable bonds is 3. The van der Waals surface area contributed by atoms with Crippen molar-refractivity contribution in [2.75, 3.05) is 18.8 Å². The van der Waals surface area contributed by atoms with Crippen molar-refractivity contribution >= 4 is 24.0 Å². The number of piperidine rings is 1. The lowest BCUT2D eigenvalue weighted by molar-refractivity contribution is 0.0588. The lowest BCUT2D eigenvalue weighted by atomic mass is 10.1. The number of halogens is 3. The smallest absolute Gasteiger partial charge is 0.253 e. The topological polar surface area (TPSA) is 55.6 Å². The summed E-state index contributed by atoms with van der Waals surface area (Å²) in [7, 11) is 0. The van der Waals surface area contributed by atoms with Gasteiger partial charge in [-0.1, -0.05) is 0 Å². The first kappa shape index (κ1) is 19.0. The Labute approximate surface area is 151 Å². The van der Waals surface area contributed by atoms with Crippen molar-refractivity contribution < 1.29 is 18.3 Å². The van der Waals surface area contributed by atoms with Gasteiger partial charge in [0.1, 0.15) is 11.9 Å². The van der Waals surface area contributed by atoms with E-state index in [0.717, 1.165) is 12.1 Å². The van der Waals surface area contributed by atoms with E-state index in [1.54, 1.807) is 29.2 Å². The van der Waals surface area contributed by atoms with Gasteiger partial charge in [-0.3, -0.25) is 4.79 Å². The van der Waals surface area contributed by atoms with Gasteiger partial charge >= 0.3 is 0 Å². The number of carbonyl (C=O) groups is 1. The summed E-state index contributed by atoms with van der Waals surface area (Å²) in [6.07, 6.45) is 0.995. The molecule has 0 bridgehead atoms. The van der Waals surface area contributed by atoms with Crippen molar-refractivity contribution in [2.24, 2.45) is 0 Å². The van der Waals surface area contributed by atoms with Gasteiger partial charge in [0, 0.05) is 43.2 Å². The summed E-state index contributed by atoms with van der Waals surface area (Å²) in [5.41, 5.74) is 6.82. The Hall–Kier alpha value is -2.34. The molecule has 0 unspecified atom stereocenters. The average Bonchev–Trinajstić information content (AvgIpc) is 2.58. The van der Waals surface area contributed by atoms with Gasteiger partial charge < -0.3 is 15.4 Å². The first-order valence-electron chi connectivity index (χ1n) is 7.79. The molecule has 4 nitrogen and oxygen atoms in total. The van der Waals surface area contributed by atoms with Crippen molar-refractivity contribution in [1.82, 2.24) is 4.90 Å². The summed E-state index contributed by atoms with van der Waals surface area (Å²) >= 11 is 0. The molecule has 1 aliphatic rings. The third-order valence-electron chi connectivity index (χ3n) is 4.07. The van der Waals surface area contributed by atoms with E-state index in [0.29, 0.717) is 37.2 Å². The Morgan fingerprint density at radius 3 is 2.32 bits per heavy atom. The van der Waals surface area contributed by atoms with Crippen LogP contribution in [0, 0.1) is 11.6 Å². The largest absolute Gasteiger partial charge is 0.487 e. The number of hydrogen-bond acceptors (Lipinski definition) is 3. The molecule has 1 amide bonds. The number of ether oxygens (including phenoxy) is 1. The number of amides is 1. The van der Waals surface area contributed by atoms with Crippen molar-refractivity contribution in [3.8, 4) is 5.75 Å². The lowest BCUT2D eigenvalue weighted by Gasteiger charge is -2.32. The van der Waals surface area contributed by atoms with E-state index in [2.05, 4.69) is 0 Å². The number of likely N-dealkylation sites (tertiary alicyclic amines) is 1. The van der Waals surface area contributed by atoms with Crippen LogP contribution in [0.5, 0.6) is 5.75 Å². The van der Waals surface area contributed by atoms with Crippen molar-refractivity contribution in [3.05, 3.63) is 59.7 Å². The van der Waals surface area contributed by atoms with Crippen LogP contribution in [0.25, 0.3) is 0 Å². The van der Waals surface area contributed by atoms with E-state index < -0.39 is 11.6 Å². The number of anilines is 1. The monoisotopic (exact) mass is 368 g/mol. The van der Waals surface area contributed by atoms with E-state index in [1.807, 2.05) is 0 Å². The number of benzene rings is 2. The van der Waals surface area contributed by atoms with E-state index in [4.69, 9.17) is 10.5 Å². The van der Waals surface area contributed by atoms with Crippen LogP contribution in [-0.2, 0) is 0 Å². The number of nitrogens with two attached hydrogens (primary N) is 1. The molecule has 1 saturated heterocycles. The maximum Gasteiger partial charge on any atom is 0.253 e. The minimum absolute atomic E-state index is 0. The molecule has 1 fully saturated rings. The van der Waals surface area contributed by atoms with Crippen molar-refractivity contribution in [1.29, 1.82) is 0 Å². The average molecular weight is 369 g/mol. The standard InChI is InChI=1S/C18H18F2N2O2.ClH/c19-13-3-6-17(16(20)11-13)24-15-7-9-22(10-8-15)18(23)12-1-4-14(21)5-2-12;/h1-6,11,15H,7-10,21H2;1H. The van der Waals surface area contributed by atoms with Crippen molar-refractivity contribution in [3.63, 3.8) is 0 Å². The SMILES string of the molecule is Cl.Nc1ccc(C(=O)N2CCC(Oc3ccc(F)cc3F)CC2)cc1. The van der Waals surface area contributed by atoms with Crippen LogP contribution in [0.15, 0.2) is 42.5 Å². The Bertz CT molecular complexity index is 732. The molecule has 25 heavy (non-hydrogen) atoms. The van der Waals surface area contributed by atoms with Gasteiger partial charge in [-0.2, -0.15) is 0 Å². The predicted molar refractivity (Wildman–Crippen MR) is 94.0 cm³/mol. The van der Waals surface area contributed by atoms with Gasteiger partial charge in [0.25, 0.3) is 5.91 Å².